The molecule has 0 rings (SSSR count). The predicted molar refractivity (Wildman–Crippen MR) is 414 cm³/mol. The van der Waals surface area contributed by atoms with Crippen LogP contribution in [0.5, 0.6) is 0 Å². The second-order valence-electron chi connectivity index (χ2n) is 29.3. The summed E-state index contributed by atoms with van der Waals surface area (Å²) in [5.74, 6) is -1.41. The van der Waals surface area contributed by atoms with E-state index in [9.17, 15) is 43.2 Å². The van der Waals surface area contributed by atoms with Crippen molar-refractivity contribution in [2.45, 2.75) is 432 Å². The molecule has 0 aliphatic heterocycles. The Morgan fingerprint density at radius 3 is 0.812 bits per heavy atom. The molecular formula is C82H156O17P2. The van der Waals surface area contributed by atoms with Crippen LogP contribution in [0.1, 0.15) is 413 Å². The molecule has 0 fully saturated rings. The molecule has 0 radical (unpaired) electrons. The molecule has 0 saturated carbocycles. The predicted octanol–water partition coefficient (Wildman–Crippen LogP) is 24.4. The van der Waals surface area contributed by atoms with Crippen molar-refractivity contribution in [3.63, 3.8) is 0 Å². The van der Waals surface area contributed by atoms with Crippen molar-refractivity contribution in [1.82, 2.24) is 0 Å². The molecule has 0 aliphatic carbocycles. The Morgan fingerprint density at radius 1 is 0.307 bits per heavy atom. The van der Waals surface area contributed by atoms with Crippen molar-refractivity contribution >= 4 is 39.5 Å². The van der Waals surface area contributed by atoms with Gasteiger partial charge >= 0.3 is 39.5 Å². The summed E-state index contributed by atoms with van der Waals surface area (Å²) in [7, 11) is -9.93. The summed E-state index contributed by atoms with van der Waals surface area (Å²) < 4.78 is 68.7. The largest absolute Gasteiger partial charge is 0.472 e. The molecule has 2 unspecified atom stereocenters. The molecule has 596 valence electrons. The van der Waals surface area contributed by atoms with E-state index in [1.54, 1.807) is 0 Å². The number of phosphoric acid groups is 2. The van der Waals surface area contributed by atoms with Crippen molar-refractivity contribution in [1.29, 1.82) is 0 Å². The van der Waals surface area contributed by atoms with Crippen molar-refractivity contribution in [2.75, 3.05) is 39.6 Å². The van der Waals surface area contributed by atoms with Crippen LogP contribution in [-0.2, 0) is 65.4 Å². The van der Waals surface area contributed by atoms with Crippen LogP contribution in [0.3, 0.4) is 0 Å². The van der Waals surface area contributed by atoms with Crippen LogP contribution in [0.2, 0.25) is 0 Å². The van der Waals surface area contributed by atoms with Gasteiger partial charge in [-0.1, -0.05) is 361 Å². The van der Waals surface area contributed by atoms with Gasteiger partial charge < -0.3 is 33.8 Å². The number of phosphoric ester groups is 2. The van der Waals surface area contributed by atoms with Crippen LogP contribution in [0.4, 0.5) is 0 Å². The molecule has 0 amide bonds. The number of hydrogen-bond acceptors (Lipinski definition) is 15. The summed E-state index contributed by atoms with van der Waals surface area (Å²) in [5.41, 5.74) is 0. The summed E-state index contributed by atoms with van der Waals surface area (Å²) in [5, 5.41) is 10.6. The average molecular weight is 1480 g/mol. The molecule has 0 saturated heterocycles. The van der Waals surface area contributed by atoms with Crippen LogP contribution < -0.4 is 0 Å². The molecule has 101 heavy (non-hydrogen) atoms. The molecule has 0 bridgehead atoms. The van der Waals surface area contributed by atoms with E-state index in [4.69, 9.17) is 37.0 Å². The lowest BCUT2D eigenvalue weighted by Crippen LogP contribution is -2.30. The third kappa shape index (κ3) is 75.6. The standard InChI is InChI=1S/C82H156O17P2/c1-6-9-12-15-18-21-24-27-29-30-31-32-33-34-35-37-40-43-46-53-58-63-68-82(87)98-77(71-92-79(84)65-60-55-50-44-41-39-36-28-25-22-19-16-13-10-7-2)73-96-100(88,89)94-69-76(83)70-95-101(90,91)97-74-78(72-93-80(85)66-61-56-51-48-47-49-54-59-64-75(4)5)99-81(86)67-62-57-52-45-42-38-26-23-20-17-14-11-8-3/h22,25,28,36,75-78,83H,6-21,23-24,26-27,29-35,37-74H2,1-5H3,(H,88,89)(H,90,91)/b25-22-,36-28-/t76-,77-,78-/m1/s1. The van der Waals surface area contributed by atoms with Crippen LogP contribution >= 0.6 is 15.6 Å². The number of aliphatic hydroxyl groups is 1. The van der Waals surface area contributed by atoms with Gasteiger partial charge in [-0.25, -0.2) is 9.13 Å². The first-order chi connectivity index (χ1) is 49.0. The fourth-order valence-electron chi connectivity index (χ4n) is 12.2. The van der Waals surface area contributed by atoms with E-state index >= 15 is 0 Å². The molecule has 19 heteroatoms. The number of esters is 4. The lowest BCUT2D eigenvalue weighted by Gasteiger charge is -2.21. The highest BCUT2D eigenvalue weighted by atomic mass is 31.2. The number of ether oxygens (including phenoxy) is 4. The summed E-state index contributed by atoms with van der Waals surface area (Å²) in [6.07, 6.45) is 68.9. The number of carbonyl (C=O) groups is 4. The fourth-order valence-corrected chi connectivity index (χ4v) is 13.8. The van der Waals surface area contributed by atoms with Gasteiger partial charge in [0.05, 0.1) is 26.4 Å². The lowest BCUT2D eigenvalue weighted by atomic mass is 10.0. The SMILES string of the molecule is CCCCCC/C=C\C=C/CCCCCCCC(=O)OC[C@H](COP(=O)(O)OC[C@@H](O)COP(=O)(O)OC[C@@H](COC(=O)CCCCCCCCCCC(C)C)OC(=O)CCCCCCCCCCCCCCC)OC(=O)CCCCCCCCCCCCCCCCCCCCCCCC. The molecule has 0 aliphatic rings. The summed E-state index contributed by atoms with van der Waals surface area (Å²) >= 11 is 0. The van der Waals surface area contributed by atoms with E-state index in [-0.39, 0.29) is 25.7 Å². The number of allylic oxidation sites excluding steroid dienone is 4. The van der Waals surface area contributed by atoms with E-state index < -0.39 is 97.5 Å². The topological polar surface area (TPSA) is 237 Å². The van der Waals surface area contributed by atoms with Gasteiger partial charge in [0.25, 0.3) is 0 Å². The van der Waals surface area contributed by atoms with Gasteiger partial charge in [-0.05, 0) is 57.3 Å². The van der Waals surface area contributed by atoms with Crippen molar-refractivity contribution in [3.05, 3.63) is 24.3 Å². The first kappa shape index (κ1) is 98.5. The number of unbranched alkanes of at least 4 members (excludes halogenated alkanes) is 49. The summed E-state index contributed by atoms with van der Waals surface area (Å²) in [6.45, 7) is 7.23. The first-order valence-corrected chi connectivity index (χ1v) is 44.9. The minimum atomic E-state index is -4.97. The first-order valence-electron chi connectivity index (χ1n) is 42.0. The maximum atomic E-state index is 13.1. The molecule has 0 spiro atoms. The Labute approximate surface area is 618 Å². The third-order valence-corrected chi connectivity index (χ3v) is 20.6. The number of rotatable bonds is 80. The second-order valence-corrected chi connectivity index (χ2v) is 32.2. The fraction of sp³-hybridized carbons (Fsp3) is 0.902. The van der Waals surface area contributed by atoms with Crippen molar-refractivity contribution < 1.29 is 80.2 Å². The Bertz CT molecular complexity index is 2020. The van der Waals surface area contributed by atoms with Gasteiger partial charge in [-0.2, -0.15) is 0 Å². The summed E-state index contributed by atoms with van der Waals surface area (Å²) in [4.78, 5) is 73.0. The minimum absolute atomic E-state index is 0.102. The average Bonchev–Trinajstić information content (AvgIpc) is 0.960. The smallest absolute Gasteiger partial charge is 0.462 e. The van der Waals surface area contributed by atoms with Crippen molar-refractivity contribution in [3.8, 4) is 0 Å². The second kappa shape index (κ2) is 74.4. The minimum Gasteiger partial charge on any atom is -0.462 e. The van der Waals surface area contributed by atoms with E-state index in [1.165, 1.54) is 218 Å². The van der Waals surface area contributed by atoms with Gasteiger partial charge in [0.2, 0.25) is 0 Å². The maximum absolute atomic E-state index is 13.1. The van der Waals surface area contributed by atoms with Gasteiger partial charge in [-0.3, -0.25) is 37.3 Å². The Balaban J connectivity index is 5.24. The zero-order valence-corrected chi connectivity index (χ0v) is 67.3. The highest BCUT2D eigenvalue weighted by Gasteiger charge is 2.30. The van der Waals surface area contributed by atoms with Gasteiger partial charge in [-0.15, -0.1) is 0 Å². The Morgan fingerprint density at radius 2 is 0.535 bits per heavy atom. The number of hydrogen-bond donors (Lipinski definition) is 3. The van der Waals surface area contributed by atoms with Crippen LogP contribution in [-0.4, -0.2) is 96.7 Å². The third-order valence-electron chi connectivity index (χ3n) is 18.7. The molecule has 0 aromatic heterocycles. The zero-order chi connectivity index (χ0) is 74.1. The normalized spacial score (nSPS) is 14.0. The summed E-state index contributed by atoms with van der Waals surface area (Å²) in [6, 6.07) is 0. The zero-order valence-electron chi connectivity index (χ0n) is 65.5. The Kier molecular flexibility index (Phi) is 72.6. The molecule has 0 aromatic carbocycles. The highest BCUT2D eigenvalue weighted by molar-refractivity contribution is 7.47. The van der Waals surface area contributed by atoms with E-state index in [2.05, 4.69) is 58.9 Å². The molecule has 0 heterocycles. The number of aliphatic hydroxyl groups excluding tert-OH is 1. The van der Waals surface area contributed by atoms with E-state index in [0.29, 0.717) is 25.7 Å². The maximum Gasteiger partial charge on any atom is 0.472 e. The molecule has 5 atom stereocenters. The molecular weight excluding hydrogens is 1320 g/mol. The van der Waals surface area contributed by atoms with Crippen LogP contribution in [0, 0.1) is 5.92 Å². The van der Waals surface area contributed by atoms with E-state index in [1.807, 2.05) is 0 Å². The molecule has 3 N–H and O–H groups in total. The lowest BCUT2D eigenvalue weighted by molar-refractivity contribution is -0.161. The van der Waals surface area contributed by atoms with Crippen LogP contribution in [0.25, 0.3) is 0 Å². The monoisotopic (exact) mass is 1480 g/mol. The molecule has 17 nitrogen and oxygen atoms in total. The van der Waals surface area contributed by atoms with Crippen molar-refractivity contribution in [2.24, 2.45) is 5.92 Å². The van der Waals surface area contributed by atoms with Crippen LogP contribution in [0.15, 0.2) is 24.3 Å². The molecule has 0 aromatic rings. The highest BCUT2D eigenvalue weighted by Crippen LogP contribution is 2.45. The Hall–Kier alpha value is -2.46. The van der Waals surface area contributed by atoms with Gasteiger partial charge in [0, 0.05) is 25.7 Å². The van der Waals surface area contributed by atoms with Gasteiger partial charge in [0.1, 0.15) is 19.3 Å². The quantitative estimate of drug-likeness (QED) is 0.0169. The van der Waals surface area contributed by atoms with E-state index in [0.717, 1.165) is 115 Å². The van der Waals surface area contributed by atoms with Gasteiger partial charge in [0.15, 0.2) is 12.2 Å². The number of carbonyl (C=O) groups excluding carboxylic acids is 4.